The van der Waals surface area contributed by atoms with Gasteiger partial charge in [0.2, 0.25) is 0 Å². The van der Waals surface area contributed by atoms with E-state index in [1.807, 2.05) is 12.1 Å². The Kier molecular flexibility index (Phi) is 4.40. The molecule has 2 saturated carbocycles. The molecule has 0 unspecified atom stereocenters. The van der Waals surface area contributed by atoms with Crippen molar-refractivity contribution in [2.24, 2.45) is 5.92 Å². The van der Waals surface area contributed by atoms with Crippen LogP contribution in [0.1, 0.15) is 63.4 Å². The van der Waals surface area contributed by atoms with Gasteiger partial charge in [0.05, 0.1) is 0 Å². The molecule has 0 amide bonds. The second kappa shape index (κ2) is 6.26. The number of halogens is 1. The Balaban J connectivity index is 1.41. The molecule has 2 fully saturated rings. The van der Waals surface area contributed by atoms with E-state index in [-0.39, 0.29) is 5.82 Å². The van der Waals surface area contributed by atoms with Crippen LogP contribution in [-0.4, -0.2) is 12.1 Å². The second-order valence-corrected chi connectivity index (χ2v) is 6.71. The third-order valence-electron chi connectivity index (χ3n) is 5.37. The van der Waals surface area contributed by atoms with Gasteiger partial charge in [-0.1, -0.05) is 25.5 Å². The van der Waals surface area contributed by atoms with E-state index in [2.05, 4.69) is 12.2 Å². The van der Waals surface area contributed by atoms with Crippen molar-refractivity contribution in [3.63, 3.8) is 0 Å². The van der Waals surface area contributed by atoms with Crippen molar-refractivity contribution in [2.75, 3.05) is 0 Å². The van der Waals surface area contributed by atoms with E-state index in [4.69, 9.17) is 0 Å². The molecule has 0 radical (unpaired) electrons. The van der Waals surface area contributed by atoms with Gasteiger partial charge in [-0.15, -0.1) is 0 Å². The molecule has 2 aliphatic rings. The number of nitrogens with one attached hydrogen (secondary N) is 1. The van der Waals surface area contributed by atoms with E-state index < -0.39 is 0 Å². The Labute approximate surface area is 122 Å². The fraction of sp³-hybridized carbons (Fsp3) is 0.667. The molecule has 0 aromatic heterocycles. The van der Waals surface area contributed by atoms with Crippen molar-refractivity contribution in [1.29, 1.82) is 0 Å². The summed E-state index contributed by atoms with van der Waals surface area (Å²) in [4.78, 5) is 0. The molecule has 1 nitrogen and oxygen atoms in total. The average Bonchev–Trinajstić information content (AvgIpc) is 2.44. The van der Waals surface area contributed by atoms with E-state index in [0.717, 1.165) is 12.0 Å². The molecule has 2 heteroatoms. The summed E-state index contributed by atoms with van der Waals surface area (Å²) in [7, 11) is 0. The molecule has 1 aromatic carbocycles. The molecule has 0 aliphatic heterocycles. The minimum atomic E-state index is -0.129. The Hall–Kier alpha value is -0.890. The Morgan fingerprint density at radius 3 is 2.25 bits per heavy atom. The minimum absolute atomic E-state index is 0.129. The average molecular weight is 275 g/mol. The van der Waals surface area contributed by atoms with Crippen LogP contribution in [0.15, 0.2) is 24.3 Å². The van der Waals surface area contributed by atoms with Crippen molar-refractivity contribution < 1.29 is 4.39 Å². The highest BCUT2D eigenvalue weighted by Crippen LogP contribution is 2.38. The molecular weight excluding hydrogens is 249 g/mol. The lowest BCUT2D eigenvalue weighted by atomic mass is 9.75. The quantitative estimate of drug-likeness (QED) is 0.844. The molecule has 3 rings (SSSR count). The van der Waals surface area contributed by atoms with Crippen LogP contribution in [0.4, 0.5) is 4.39 Å². The molecule has 1 aromatic rings. The first-order valence-electron chi connectivity index (χ1n) is 8.26. The van der Waals surface area contributed by atoms with Crippen LogP contribution >= 0.6 is 0 Å². The zero-order valence-corrected chi connectivity index (χ0v) is 12.4. The highest BCUT2D eigenvalue weighted by Gasteiger charge is 2.32. The van der Waals surface area contributed by atoms with E-state index >= 15 is 0 Å². The molecular formula is C18H26FN. The van der Waals surface area contributed by atoms with Gasteiger partial charge in [-0.05, 0) is 68.1 Å². The molecule has 0 atom stereocenters. The molecule has 0 bridgehead atoms. The number of hydrogen-bond donors (Lipinski definition) is 1. The summed E-state index contributed by atoms with van der Waals surface area (Å²) in [5.74, 6) is 1.48. The summed E-state index contributed by atoms with van der Waals surface area (Å²) < 4.78 is 12.9. The van der Waals surface area contributed by atoms with Crippen molar-refractivity contribution in [3.8, 4) is 0 Å². The number of hydrogen-bond acceptors (Lipinski definition) is 1. The van der Waals surface area contributed by atoms with Crippen LogP contribution < -0.4 is 5.32 Å². The van der Waals surface area contributed by atoms with Gasteiger partial charge in [0.15, 0.2) is 0 Å². The normalized spacial score (nSPS) is 33.7. The molecule has 110 valence electrons. The topological polar surface area (TPSA) is 12.0 Å². The highest BCUT2D eigenvalue weighted by molar-refractivity contribution is 5.23. The molecule has 1 N–H and O–H groups in total. The zero-order chi connectivity index (χ0) is 13.9. The molecule has 0 saturated heterocycles. The summed E-state index contributed by atoms with van der Waals surface area (Å²) in [6.45, 7) is 2.32. The van der Waals surface area contributed by atoms with Crippen LogP contribution in [0, 0.1) is 11.7 Å². The Bertz CT molecular complexity index is 414. The lowest BCUT2D eigenvalue weighted by Gasteiger charge is -2.40. The standard InChI is InChI=1S/C18H26FN/c1-2-13-3-9-17(10-4-13)20-18-11-15(12-18)14-5-7-16(19)8-6-14/h5-8,13,15,17-18,20H,2-4,9-12H2,1H3. The van der Waals surface area contributed by atoms with Gasteiger partial charge < -0.3 is 5.32 Å². The van der Waals surface area contributed by atoms with Gasteiger partial charge in [0, 0.05) is 12.1 Å². The second-order valence-electron chi connectivity index (χ2n) is 6.71. The molecule has 20 heavy (non-hydrogen) atoms. The lowest BCUT2D eigenvalue weighted by Crippen LogP contribution is -2.46. The first-order valence-corrected chi connectivity index (χ1v) is 8.26. The van der Waals surface area contributed by atoms with Crippen LogP contribution in [0.2, 0.25) is 0 Å². The molecule has 0 spiro atoms. The van der Waals surface area contributed by atoms with Crippen LogP contribution in [0.3, 0.4) is 0 Å². The van der Waals surface area contributed by atoms with Crippen LogP contribution in [-0.2, 0) is 0 Å². The fourth-order valence-corrected chi connectivity index (χ4v) is 3.83. The van der Waals surface area contributed by atoms with E-state index in [1.165, 1.54) is 50.5 Å². The Morgan fingerprint density at radius 2 is 1.65 bits per heavy atom. The van der Waals surface area contributed by atoms with Gasteiger partial charge in [0.25, 0.3) is 0 Å². The van der Waals surface area contributed by atoms with Gasteiger partial charge in [-0.3, -0.25) is 0 Å². The van der Waals surface area contributed by atoms with Gasteiger partial charge >= 0.3 is 0 Å². The smallest absolute Gasteiger partial charge is 0.123 e. The summed E-state index contributed by atoms with van der Waals surface area (Å²) in [5, 5.41) is 3.84. The van der Waals surface area contributed by atoms with E-state index in [0.29, 0.717) is 12.0 Å². The molecule has 2 aliphatic carbocycles. The van der Waals surface area contributed by atoms with Crippen molar-refractivity contribution in [1.82, 2.24) is 5.32 Å². The van der Waals surface area contributed by atoms with Crippen LogP contribution in [0.25, 0.3) is 0 Å². The van der Waals surface area contributed by atoms with Gasteiger partial charge in [-0.25, -0.2) is 4.39 Å². The predicted molar refractivity (Wildman–Crippen MR) is 81.3 cm³/mol. The number of rotatable bonds is 4. The minimum Gasteiger partial charge on any atom is -0.311 e. The van der Waals surface area contributed by atoms with E-state index in [1.54, 1.807) is 12.1 Å². The SMILES string of the molecule is CCC1CCC(NC2CC(c3ccc(F)cc3)C2)CC1. The maximum Gasteiger partial charge on any atom is 0.123 e. The van der Waals surface area contributed by atoms with E-state index in [9.17, 15) is 4.39 Å². The van der Waals surface area contributed by atoms with Crippen molar-refractivity contribution >= 4 is 0 Å². The van der Waals surface area contributed by atoms with Gasteiger partial charge in [0.1, 0.15) is 5.82 Å². The first-order chi connectivity index (χ1) is 9.74. The third kappa shape index (κ3) is 3.22. The summed E-state index contributed by atoms with van der Waals surface area (Å²) in [5.41, 5.74) is 1.30. The summed E-state index contributed by atoms with van der Waals surface area (Å²) in [6.07, 6.45) is 9.32. The van der Waals surface area contributed by atoms with Gasteiger partial charge in [-0.2, -0.15) is 0 Å². The lowest BCUT2D eigenvalue weighted by molar-refractivity contribution is 0.215. The third-order valence-corrected chi connectivity index (χ3v) is 5.37. The summed E-state index contributed by atoms with van der Waals surface area (Å²) >= 11 is 0. The predicted octanol–water partition coefficient (Wildman–Crippen LogP) is 4.63. The summed E-state index contributed by atoms with van der Waals surface area (Å²) in [6, 6.07) is 8.50. The van der Waals surface area contributed by atoms with Crippen molar-refractivity contribution in [2.45, 2.75) is 69.9 Å². The first kappa shape index (κ1) is 14.1. The maximum absolute atomic E-state index is 12.9. The Morgan fingerprint density at radius 1 is 1.00 bits per heavy atom. The van der Waals surface area contributed by atoms with Crippen LogP contribution in [0.5, 0.6) is 0 Å². The highest BCUT2D eigenvalue weighted by atomic mass is 19.1. The monoisotopic (exact) mass is 275 g/mol. The van der Waals surface area contributed by atoms with Crippen molar-refractivity contribution in [3.05, 3.63) is 35.6 Å². The molecule has 0 heterocycles. The maximum atomic E-state index is 12.9. The number of benzene rings is 1. The fourth-order valence-electron chi connectivity index (χ4n) is 3.83. The largest absolute Gasteiger partial charge is 0.311 e. The zero-order valence-electron chi connectivity index (χ0n) is 12.4.